The van der Waals surface area contributed by atoms with Gasteiger partial charge in [-0.2, -0.15) is 0 Å². The fourth-order valence-electron chi connectivity index (χ4n) is 2.17. The highest BCUT2D eigenvalue weighted by Crippen LogP contribution is 2.32. The average Bonchev–Trinajstić information content (AvgIpc) is 2.46. The minimum absolute atomic E-state index is 0.0490. The van der Waals surface area contributed by atoms with Crippen molar-refractivity contribution >= 4 is 17.3 Å². The van der Waals surface area contributed by atoms with Crippen molar-refractivity contribution < 1.29 is 9.50 Å². The van der Waals surface area contributed by atoms with Crippen molar-refractivity contribution in [2.24, 2.45) is 0 Å². The summed E-state index contributed by atoms with van der Waals surface area (Å²) >= 11 is 6.23. The molecule has 0 amide bonds. The van der Waals surface area contributed by atoms with E-state index in [2.05, 4.69) is 0 Å². The number of anilines is 1. The van der Waals surface area contributed by atoms with Crippen LogP contribution in [0.3, 0.4) is 0 Å². The Morgan fingerprint density at radius 2 is 1.95 bits per heavy atom. The highest BCUT2D eigenvalue weighted by molar-refractivity contribution is 6.33. The molecule has 0 saturated heterocycles. The average molecular weight is 294 g/mol. The van der Waals surface area contributed by atoms with Crippen molar-refractivity contribution in [3.8, 4) is 0 Å². The maximum Gasteiger partial charge on any atom is 0.128 e. The predicted octanol–water partition coefficient (Wildman–Crippen LogP) is 4.17. The molecule has 0 aliphatic heterocycles. The summed E-state index contributed by atoms with van der Waals surface area (Å²) in [5, 5.41) is 9.64. The van der Waals surface area contributed by atoms with Crippen molar-refractivity contribution in [2.75, 3.05) is 11.9 Å². The summed E-state index contributed by atoms with van der Waals surface area (Å²) in [4.78, 5) is 1.92. The van der Waals surface area contributed by atoms with Gasteiger partial charge in [-0.25, -0.2) is 4.39 Å². The molecule has 2 nitrogen and oxygen atoms in total. The van der Waals surface area contributed by atoms with E-state index in [4.69, 9.17) is 16.7 Å². The first-order chi connectivity index (χ1) is 9.54. The highest BCUT2D eigenvalue weighted by atomic mass is 35.5. The third kappa shape index (κ3) is 2.94. The van der Waals surface area contributed by atoms with Gasteiger partial charge in [-0.05, 0) is 30.7 Å². The standard InChI is InChI=1S/C16H17ClFNO/c1-11(13-5-3-4-6-15(13)18)19(2)16-8-7-12(10-20)9-14(16)17/h3-9,11,20H,10H2,1-2H3. The lowest BCUT2D eigenvalue weighted by molar-refractivity contribution is 0.282. The highest BCUT2D eigenvalue weighted by Gasteiger charge is 2.17. The van der Waals surface area contributed by atoms with Gasteiger partial charge in [0.15, 0.2) is 0 Å². The van der Waals surface area contributed by atoms with E-state index in [-0.39, 0.29) is 18.5 Å². The van der Waals surface area contributed by atoms with Crippen LogP contribution in [0.1, 0.15) is 24.1 Å². The van der Waals surface area contributed by atoms with Gasteiger partial charge < -0.3 is 10.0 Å². The van der Waals surface area contributed by atoms with Crippen LogP contribution < -0.4 is 4.90 Å². The second kappa shape index (κ2) is 6.25. The van der Waals surface area contributed by atoms with Crippen molar-refractivity contribution in [1.82, 2.24) is 0 Å². The Balaban J connectivity index is 2.31. The quantitative estimate of drug-likeness (QED) is 0.914. The van der Waals surface area contributed by atoms with Gasteiger partial charge >= 0.3 is 0 Å². The number of aliphatic hydroxyl groups is 1. The normalized spacial score (nSPS) is 12.2. The smallest absolute Gasteiger partial charge is 0.128 e. The van der Waals surface area contributed by atoms with Crippen LogP contribution in [0.2, 0.25) is 5.02 Å². The lowest BCUT2D eigenvalue weighted by Gasteiger charge is -2.28. The molecular formula is C16H17ClFNO. The summed E-state index contributed by atoms with van der Waals surface area (Å²) in [7, 11) is 1.87. The molecule has 2 aromatic carbocycles. The molecule has 0 saturated carbocycles. The van der Waals surface area contributed by atoms with E-state index < -0.39 is 0 Å². The molecule has 0 aromatic heterocycles. The Kier molecular flexibility index (Phi) is 4.63. The van der Waals surface area contributed by atoms with E-state index in [0.29, 0.717) is 10.6 Å². The molecule has 0 bridgehead atoms. The summed E-state index contributed by atoms with van der Waals surface area (Å²) in [6.45, 7) is 1.88. The van der Waals surface area contributed by atoms with Crippen LogP contribution in [-0.4, -0.2) is 12.2 Å². The zero-order valence-electron chi connectivity index (χ0n) is 11.5. The first-order valence-electron chi connectivity index (χ1n) is 6.41. The van der Waals surface area contributed by atoms with Gasteiger partial charge in [-0.15, -0.1) is 0 Å². The molecule has 2 rings (SSSR count). The van der Waals surface area contributed by atoms with Gasteiger partial charge in [0.25, 0.3) is 0 Å². The zero-order valence-corrected chi connectivity index (χ0v) is 12.2. The van der Waals surface area contributed by atoms with Crippen molar-refractivity contribution in [3.63, 3.8) is 0 Å². The number of hydrogen-bond acceptors (Lipinski definition) is 2. The van der Waals surface area contributed by atoms with Crippen LogP contribution in [0.25, 0.3) is 0 Å². The van der Waals surface area contributed by atoms with Crippen LogP contribution in [0, 0.1) is 5.82 Å². The van der Waals surface area contributed by atoms with E-state index in [1.165, 1.54) is 6.07 Å². The van der Waals surface area contributed by atoms with Gasteiger partial charge in [-0.1, -0.05) is 35.9 Å². The van der Waals surface area contributed by atoms with Crippen molar-refractivity contribution in [3.05, 3.63) is 64.4 Å². The maximum absolute atomic E-state index is 13.8. The lowest BCUT2D eigenvalue weighted by Crippen LogP contribution is -2.22. The Hall–Kier alpha value is -1.58. The Morgan fingerprint density at radius 1 is 1.25 bits per heavy atom. The van der Waals surface area contributed by atoms with E-state index in [1.807, 2.05) is 37.1 Å². The van der Waals surface area contributed by atoms with Crippen LogP contribution in [0.5, 0.6) is 0 Å². The van der Waals surface area contributed by atoms with E-state index in [9.17, 15) is 4.39 Å². The Morgan fingerprint density at radius 3 is 2.55 bits per heavy atom. The third-order valence-electron chi connectivity index (χ3n) is 3.51. The lowest BCUT2D eigenvalue weighted by atomic mass is 10.1. The predicted molar refractivity (Wildman–Crippen MR) is 80.6 cm³/mol. The summed E-state index contributed by atoms with van der Waals surface area (Å²) in [6.07, 6.45) is 0. The topological polar surface area (TPSA) is 23.5 Å². The summed E-state index contributed by atoms with van der Waals surface area (Å²) in [6, 6.07) is 11.9. The second-order valence-electron chi connectivity index (χ2n) is 4.75. The zero-order chi connectivity index (χ0) is 14.7. The molecule has 0 aliphatic carbocycles. The number of halogens is 2. The Bertz CT molecular complexity index is 603. The molecule has 106 valence electrons. The SMILES string of the molecule is CC(c1ccccc1F)N(C)c1ccc(CO)cc1Cl. The minimum Gasteiger partial charge on any atom is -0.392 e. The van der Waals surface area contributed by atoms with E-state index in [0.717, 1.165) is 11.3 Å². The van der Waals surface area contributed by atoms with Crippen LogP contribution in [0.15, 0.2) is 42.5 Å². The number of nitrogens with zero attached hydrogens (tertiary/aromatic N) is 1. The van der Waals surface area contributed by atoms with Gasteiger partial charge in [0.1, 0.15) is 5.82 Å². The number of rotatable bonds is 4. The third-order valence-corrected chi connectivity index (χ3v) is 3.81. The molecular weight excluding hydrogens is 277 g/mol. The monoisotopic (exact) mass is 293 g/mol. The van der Waals surface area contributed by atoms with Crippen molar-refractivity contribution in [2.45, 2.75) is 19.6 Å². The van der Waals surface area contributed by atoms with Crippen LogP contribution in [-0.2, 0) is 6.61 Å². The molecule has 0 heterocycles. The van der Waals surface area contributed by atoms with E-state index >= 15 is 0 Å². The summed E-state index contributed by atoms with van der Waals surface area (Å²) in [5.41, 5.74) is 2.18. The van der Waals surface area contributed by atoms with Gasteiger partial charge in [-0.3, -0.25) is 0 Å². The molecule has 1 unspecified atom stereocenters. The molecule has 0 fully saturated rings. The van der Waals surface area contributed by atoms with Gasteiger partial charge in [0.05, 0.1) is 23.4 Å². The minimum atomic E-state index is -0.227. The molecule has 1 N–H and O–H groups in total. The molecule has 0 aliphatic rings. The largest absolute Gasteiger partial charge is 0.392 e. The second-order valence-corrected chi connectivity index (χ2v) is 5.16. The molecule has 4 heteroatoms. The molecule has 0 spiro atoms. The molecule has 20 heavy (non-hydrogen) atoms. The number of benzene rings is 2. The summed E-state index contributed by atoms with van der Waals surface area (Å²) < 4.78 is 13.8. The van der Waals surface area contributed by atoms with Crippen LogP contribution >= 0.6 is 11.6 Å². The van der Waals surface area contributed by atoms with E-state index in [1.54, 1.807) is 18.2 Å². The Labute approximate surface area is 123 Å². The first-order valence-corrected chi connectivity index (χ1v) is 6.79. The van der Waals surface area contributed by atoms with Crippen molar-refractivity contribution in [1.29, 1.82) is 0 Å². The van der Waals surface area contributed by atoms with Crippen LogP contribution in [0.4, 0.5) is 10.1 Å². The maximum atomic E-state index is 13.8. The van der Waals surface area contributed by atoms with Gasteiger partial charge in [0.2, 0.25) is 0 Å². The fraction of sp³-hybridized carbons (Fsp3) is 0.250. The molecule has 1 atom stereocenters. The molecule has 2 aromatic rings. The first kappa shape index (κ1) is 14.8. The molecule has 0 radical (unpaired) electrons. The number of aliphatic hydroxyl groups excluding tert-OH is 1. The summed E-state index contributed by atoms with van der Waals surface area (Å²) in [5.74, 6) is -0.227. The number of hydrogen-bond donors (Lipinski definition) is 1. The van der Waals surface area contributed by atoms with Gasteiger partial charge in [0, 0.05) is 12.6 Å². The fourth-order valence-corrected chi connectivity index (χ4v) is 2.50.